The van der Waals surface area contributed by atoms with E-state index in [1.165, 1.54) is 0 Å². The maximum atomic E-state index is 5.81. The smallest absolute Gasteiger partial charge is 0.0951 e. The van der Waals surface area contributed by atoms with Crippen molar-refractivity contribution in [2.75, 3.05) is 0 Å². The fraction of sp³-hybridized carbons (Fsp3) is 0.500. The summed E-state index contributed by atoms with van der Waals surface area (Å²) in [6.45, 7) is 5.85. The van der Waals surface area contributed by atoms with Crippen LogP contribution in [0.5, 0.6) is 0 Å². The molecule has 5 nitrogen and oxygen atoms in total. The van der Waals surface area contributed by atoms with Crippen molar-refractivity contribution < 1.29 is 0 Å². The lowest BCUT2D eigenvalue weighted by Gasteiger charge is -2.09. The molecular weight excluding hydrogens is 214 g/mol. The summed E-state index contributed by atoms with van der Waals surface area (Å²) in [7, 11) is 0. The number of nitrogens with two attached hydrogens (primary N) is 1. The molecule has 0 saturated carbocycles. The summed E-state index contributed by atoms with van der Waals surface area (Å²) in [5.41, 5.74) is 7.98. The summed E-state index contributed by atoms with van der Waals surface area (Å²) in [6.07, 6.45) is 8.69. The van der Waals surface area contributed by atoms with Crippen LogP contribution in [-0.4, -0.2) is 25.4 Å². The third-order valence-corrected chi connectivity index (χ3v) is 2.58. The Balaban J connectivity index is 2.23. The van der Waals surface area contributed by atoms with E-state index in [0.29, 0.717) is 0 Å². The van der Waals surface area contributed by atoms with E-state index in [2.05, 4.69) is 27.8 Å². The van der Waals surface area contributed by atoms with Gasteiger partial charge in [0.05, 0.1) is 24.4 Å². The van der Waals surface area contributed by atoms with Crippen LogP contribution in [0.4, 0.5) is 0 Å². The molecule has 0 saturated heterocycles. The van der Waals surface area contributed by atoms with E-state index in [1.807, 2.05) is 30.3 Å². The molecule has 2 aromatic heterocycles. The molecule has 0 aliphatic heterocycles. The van der Waals surface area contributed by atoms with Crippen LogP contribution in [0.2, 0.25) is 0 Å². The summed E-state index contributed by atoms with van der Waals surface area (Å²) in [4.78, 5) is 4.18. The molecule has 92 valence electrons. The van der Waals surface area contributed by atoms with Crippen molar-refractivity contribution in [1.29, 1.82) is 0 Å². The van der Waals surface area contributed by atoms with Gasteiger partial charge in [0.1, 0.15) is 0 Å². The Hall–Kier alpha value is -1.62. The van der Waals surface area contributed by atoms with Crippen molar-refractivity contribution in [2.45, 2.75) is 39.4 Å². The highest BCUT2D eigenvalue weighted by Crippen LogP contribution is 2.18. The Bertz CT molecular complexity index is 469. The fourth-order valence-corrected chi connectivity index (χ4v) is 1.86. The molecule has 5 heteroatoms. The minimum atomic E-state index is 0.119. The summed E-state index contributed by atoms with van der Waals surface area (Å²) in [6, 6.07) is 0.119. The second kappa shape index (κ2) is 5.14. The van der Waals surface area contributed by atoms with Crippen LogP contribution >= 0.6 is 0 Å². The number of nitrogens with zero attached hydrogens (tertiary/aromatic N) is 4. The van der Waals surface area contributed by atoms with Crippen molar-refractivity contribution in [2.24, 2.45) is 5.73 Å². The highest BCUT2D eigenvalue weighted by atomic mass is 15.3. The molecule has 1 atom stereocenters. The zero-order chi connectivity index (χ0) is 12.3. The van der Waals surface area contributed by atoms with E-state index < -0.39 is 0 Å². The minimum Gasteiger partial charge on any atom is -0.329 e. The summed E-state index contributed by atoms with van der Waals surface area (Å²) < 4.78 is 4.02. The predicted molar refractivity (Wildman–Crippen MR) is 67.4 cm³/mol. The first-order valence-electron chi connectivity index (χ1n) is 5.99. The van der Waals surface area contributed by atoms with Gasteiger partial charge in [0.2, 0.25) is 0 Å². The van der Waals surface area contributed by atoms with E-state index in [0.717, 1.165) is 30.8 Å². The standard InChI is InChI=1S/C12H19N5/c1-3-4-17-8-11(5-15-17)12-6-14-9-16(12)7-10(2)13/h5-6,8-10H,3-4,7,13H2,1-2H3. The Morgan fingerprint density at radius 3 is 2.94 bits per heavy atom. The third-order valence-electron chi connectivity index (χ3n) is 2.58. The highest BCUT2D eigenvalue weighted by Gasteiger charge is 2.08. The number of hydrogen-bond donors (Lipinski definition) is 1. The number of hydrogen-bond acceptors (Lipinski definition) is 3. The van der Waals surface area contributed by atoms with Gasteiger partial charge < -0.3 is 10.3 Å². The van der Waals surface area contributed by atoms with Crippen molar-refractivity contribution >= 4 is 0 Å². The molecule has 0 aliphatic carbocycles. The molecule has 0 radical (unpaired) electrons. The molecule has 2 rings (SSSR count). The highest BCUT2D eigenvalue weighted by molar-refractivity contribution is 5.56. The molecule has 2 N–H and O–H groups in total. The lowest BCUT2D eigenvalue weighted by atomic mass is 10.2. The lowest BCUT2D eigenvalue weighted by molar-refractivity contribution is 0.592. The lowest BCUT2D eigenvalue weighted by Crippen LogP contribution is -2.22. The van der Waals surface area contributed by atoms with Crippen molar-refractivity contribution in [3.63, 3.8) is 0 Å². The molecule has 0 fully saturated rings. The van der Waals surface area contributed by atoms with Crippen molar-refractivity contribution in [3.05, 3.63) is 24.9 Å². The molecule has 0 amide bonds. The third kappa shape index (κ3) is 2.74. The zero-order valence-electron chi connectivity index (χ0n) is 10.4. The van der Waals surface area contributed by atoms with Crippen LogP contribution in [0, 0.1) is 0 Å². The van der Waals surface area contributed by atoms with Gasteiger partial charge in [-0.15, -0.1) is 0 Å². The largest absolute Gasteiger partial charge is 0.329 e. The maximum absolute atomic E-state index is 5.81. The van der Waals surface area contributed by atoms with Gasteiger partial charge in [0.25, 0.3) is 0 Å². The van der Waals surface area contributed by atoms with E-state index in [4.69, 9.17) is 5.73 Å². The Morgan fingerprint density at radius 2 is 2.24 bits per heavy atom. The average Bonchev–Trinajstić information content (AvgIpc) is 2.86. The second-order valence-electron chi connectivity index (χ2n) is 4.40. The van der Waals surface area contributed by atoms with Gasteiger partial charge in [0.15, 0.2) is 0 Å². The van der Waals surface area contributed by atoms with E-state index in [9.17, 15) is 0 Å². The van der Waals surface area contributed by atoms with Gasteiger partial charge in [0, 0.05) is 30.9 Å². The van der Waals surface area contributed by atoms with Crippen LogP contribution in [0.25, 0.3) is 11.3 Å². The SMILES string of the molecule is CCCn1cc(-c2cncn2CC(C)N)cn1. The van der Waals surface area contributed by atoms with Gasteiger partial charge in [-0.25, -0.2) is 4.98 Å². The van der Waals surface area contributed by atoms with Crippen LogP contribution in [0.3, 0.4) is 0 Å². The van der Waals surface area contributed by atoms with E-state index in [1.54, 1.807) is 0 Å². The van der Waals surface area contributed by atoms with Gasteiger partial charge >= 0.3 is 0 Å². The quantitative estimate of drug-likeness (QED) is 0.851. The Kier molecular flexibility index (Phi) is 3.58. The second-order valence-corrected chi connectivity index (χ2v) is 4.40. The number of aromatic nitrogens is 4. The van der Waals surface area contributed by atoms with Gasteiger partial charge in [-0.1, -0.05) is 6.92 Å². The molecule has 0 aliphatic rings. The minimum absolute atomic E-state index is 0.119. The number of rotatable bonds is 5. The van der Waals surface area contributed by atoms with Crippen molar-refractivity contribution in [1.82, 2.24) is 19.3 Å². The molecule has 2 aromatic rings. The van der Waals surface area contributed by atoms with Gasteiger partial charge in [-0.2, -0.15) is 5.10 Å². The number of aryl methyl sites for hydroxylation is 1. The topological polar surface area (TPSA) is 61.7 Å². The molecule has 17 heavy (non-hydrogen) atoms. The summed E-state index contributed by atoms with van der Waals surface area (Å²) in [5, 5.41) is 4.33. The summed E-state index contributed by atoms with van der Waals surface area (Å²) in [5.74, 6) is 0. The first-order valence-corrected chi connectivity index (χ1v) is 5.99. The fourth-order valence-electron chi connectivity index (χ4n) is 1.86. The van der Waals surface area contributed by atoms with Crippen LogP contribution in [-0.2, 0) is 13.1 Å². The predicted octanol–water partition coefficient (Wildman–Crippen LogP) is 1.50. The molecule has 0 spiro atoms. The molecular formula is C12H19N5. The Labute approximate surface area is 101 Å². The van der Waals surface area contributed by atoms with Crippen LogP contribution in [0.1, 0.15) is 20.3 Å². The van der Waals surface area contributed by atoms with Gasteiger partial charge in [-0.05, 0) is 13.3 Å². The first kappa shape index (κ1) is 11.9. The Morgan fingerprint density at radius 1 is 1.41 bits per heavy atom. The monoisotopic (exact) mass is 233 g/mol. The van der Waals surface area contributed by atoms with Crippen LogP contribution < -0.4 is 5.73 Å². The molecule has 0 aromatic carbocycles. The average molecular weight is 233 g/mol. The van der Waals surface area contributed by atoms with Gasteiger partial charge in [-0.3, -0.25) is 4.68 Å². The first-order chi connectivity index (χ1) is 8.20. The maximum Gasteiger partial charge on any atom is 0.0951 e. The van der Waals surface area contributed by atoms with E-state index in [-0.39, 0.29) is 6.04 Å². The van der Waals surface area contributed by atoms with E-state index >= 15 is 0 Å². The molecule has 1 unspecified atom stereocenters. The normalized spacial score (nSPS) is 12.9. The zero-order valence-corrected chi connectivity index (χ0v) is 10.4. The molecule has 2 heterocycles. The van der Waals surface area contributed by atoms with Crippen LogP contribution in [0.15, 0.2) is 24.9 Å². The summed E-state index contributed by atoms with van der Waals surface area (Å²) >= 11 is 0. The number of imidazole rings is 1. The molecule has 0 bridgehead atoms. The van der Waals surface area contributed by atoms with Crippen molar-refractivity contribution in [3.8, 4) is 11.3 Å².